The first-order valence-electron chi connectivity index (χ1n) is 10.3. The molecular weight excluding hydrogens is 418 g/mol. The summed E-state index contributed by atoms with van der Waals surface area (Å²) in [4.78, 5) is 29.2. The molecule has 0 atom stereocenters. The van der Waals surface area contributed by atoms with Gasteiger partial charge in [-0.25, -0.2) is 0 Å². The molecule has 0 saturated heterocycles. The maximum Gasteiger partial charge on any atom is 0.272 e. The number of H-pyrrole nitrogens is 1. The van der Waals surface area contributed by atoms with Gasteiger partial charge in [0.1, 0.15) is 5.70 Å². The molecule has 2 amide bonds. The molecule has 0 aliphatic carbocycles. The van der Waals surface area contributed by atoms with Crippen LogP contribution < -0.4 is 20.1 Å². The molecule has 3 N–H and O–H groups in total. The van der Waals surface area contributed by atoms with E-state index in [1.54, 1.807) is 54.6 Å². The van der Waals surface area contributed by atoms with Crippen LogP contribution in [0.4, 0.5) is 5.69 Å². The Morgan fingerprint density at radius 2 is 1.73 bits per heavy atom. The van der Waals surface area contributed by atoms with Crippen LogP contribution in [0.1, 0.15) is 15.9 Å². The average molecular weight is 441 g/mol. The molecule has 0 saturated carbocycles. The van der Waals surface area contributed by atoms with Crippen molar-refractivity contribution in [2.45, 2.75) is 0 Å². The Bertz CT molecular complexity index is 1330. The van der Waals surface area contributed by atoms with Crippen molar-refractivity contribution < 1.29 is 19.1 Å². The fourth-order valence-corrected chi connectivity index (χ4v) is 3.45. The van der Waals surface area contributed by atoms with Crippen molar-refractivity contribution in [1.82, 2.24) is 10.3 Å². The van der Waals surface area contributed by atoms with Gasteiger partial charge in [0.2, 0.25) is 0 Å². The summed E-state index contributed by atoms with van der Waals surface area (Å²) in [5.41, 5.74) is 2.55. The first-order valence-corrected chi connectivity index (χ1v) is 10.3. The zero-order chi connectivity index (χ0) is 23.2. The van der Waals surface area contributed by atoms with Gasteiger partial charge in [-0.15, -0.1) is 0 Å². The normalized spacial score (nSPS) is 11.2. The summed E-state index contributed by atoms with van der Waals surface area (Å²) < 4.78 is 10.8. The Balaban J connectivity index is 1.69. The molecule has 0 unspecified atom stereocenters. The van der Waals surface area contributed by atoms with Crippen LogP contribution in [0.2, 0.25) is 0 Å². The van der Waals surface area contributed by atoms with Gasteiger partial charge in [0.05, 0.1) is 14.2 Å². The number of hydrogen-bond acceptors (Lipinski definition) is 4. The summed E-state index contributed by atoms with van der Waals surface area (Å²) in [6.07, 6.45) is 3.39. The van der Waals surface area contributed by atoms with E-state index < -0.39 is 11.8 Å². The van der Waals surface area contributed by atoms with E-state index in [9.17, 15) is 9.59 Å². The van der Waals surface area contributed by atoms with Gasteiger partial charge >= 0.3 is 0 Å². The Hall–Kier alpha value is -4.52. The molecule has 166 valence electrons. The molecule has 7 heteroatoms. The van der Waals surface area contributed by atoms with E-state index >= 15 is 0 Å². The van der Waals surface area contributed by atoms with Crippen LogP contribution in [0, 0.1) is 0 Å². The summed E-state index contributed by atoms with van der Waals surface area (Å²) in [6, 6.07) is 21.5. The first kappa shape index (κ1) is 21.7. The lowest BCUT2D eigenvalue weighted by Gasteiger charge is -2.14. The lowest BCUT2D eigenvalue weighted by atomic mass is 10.1. The number of anilines is 1. The number of carbonyl (C=O) groups is 2. The van der Waals surface area contributed by atoms with Crippen LogP contribution in [-0.4, -0.2) is 31.0 Å². The number of amides is 2. The highest BCUT2D eigenvalue weighted by molar-refractivity contribution is 6.11. The van der Waals surface area contributed by atoms with Gasteiger partial charge < -0.3 is 25.1 Å². The zero-order valence-corrected chi connectivity index (χ0v) is 18.2. The maximum absolute atomic E-state index is 13.2. The summed E-state index contributed by atoms with van der Waals surface area (Å²) in [6.45, 7) is 0. The van der Waals surface area contributed by atoms with Gasteiger partial charge in [0, 0.05) is 28.5 Å². The van der Waals surface area contributed by atoms with Crippen molar-refractivity contribution in [2.24, 2.45) is 0 Å². The molecule has 7 nitrogen and oxygen atoms in total. The topological polar surface area (TPSA) is 92.5 Å². The second kappa shape index (κ2) is 9.74. The number of hydrogen-bond donors (Lipinski definition) is 3. The molecule has 4 aromatic rings. The first-order chi connectivity index (χ1) is 16.1. The standard InChI is InChI=1S/C26H23N3O4/c1-32-23-10-6-9-19(24(23)33-2)15-22(29-25(30)18-7-4-3-5-8-18)26(31)28-20-12-11-17-13-14-27-21(17)16-20/h3-16,27H,1-2H3,(H,28,31)(H,29,30)/b22-15+. The number of methoxy groups -OCH3 is 2. The van der Waals surface area contributed by atoms with Crippen LogP contribution >= 0.6 is 0 Å². The molecular formula is C26H23N3O4. The molecule has 0 aliphatic rings. The van der Waals surface area contributed by atoms with Crippen molar-refractivity contribution in [3.8, 4) is 11.5 Å². The predicted molar refractivity (Wildman–Crippen MR) is 128 cm³/mol. The minimum Gasteiger partial charge on any atom is -0.493 e. The number of aromatic nitrogens is 1. The summed E-state index contributed by atoms with van der Waals surface area (Å²) in [5, 5.41) is 6.61. The van der Waals surface area contributed by atoms with Crippen LogP contribution in [-0.2, 0) is 4.79 Å². The number of aromatic amines is 1. The molecule has 3 aromatic carbocycles. The quantitative estimate of drug-likeness (QED) is 0.366. The zero-order valence-electron chi connectivity index (χ0n) is 18.2. The third-order valence-electron chi connectivity index (χ3n) is 5.07. The van der Waals surface area contributed by atoms with E-state index in [2.05, 4.69) is 15.6 Å². The number of rotatable bonds is 7. The highest BCUT2D eigenvalue weighted by atomic mass is 16.5. The van der Waals surface area contributed by atoms with E-state index in [0.29, 0.717) is 28.3 Å². The van der Waals surface area contributed by atoms with Gasteiger partial charge in [-0.05, 0) is 47.9 Å². The van der Waals surface area contributed by atoms with Crippen LogP contribution in [0.3, 0.4) is 0 Å². The van der Waals surface area contributed by atoms with E-state index in [1.807, 2.05) is 30.5 Å². The molecule has 0 spiro atoms. The highest BCUT2D eigenvalue weighted by Gasteiger charge is 2.17. The summed E-state index contributed by atoms with van der Waals surface area (Å²) >= 11 is 0. The third kappa shape index (κ3) is 4.88. The molecule has 1 aromatic heterocycles. The van der Waals surface area contributed by atoms with Gasteiger partial charge in [0.15, 0.2) is 11.5 Å². The van der Waals surface area contributed by atoms with Crippen LogP contribution in [0.5, 0.6) is 11.5 Å². The third-order valence-corrected chi connectivity index (χ3v) is 5.07. The summed E-state index contributed by atoms with van der Waals surface area (Å²) in [5.74, 6) is 0.0819. The molecule has 4 rings (SSSR count). The molecule has 0 fully saturated rings. The van der Waals surface area contributed by atoms with E-state index in [1.165, 1.54) is 14.2 Å². The monoisotopic (exact) mass is 441 g/mol. The lowest BCUT2D eigenvalue weighted by molar-refractivity contribution is -0.113. The largest absolute Gasteiger partial charge is 0.493 e. The number of nitrogens with one attached hydrogen (secondary N) is 3. The van der Waals surface area contributed by atoms with E-state index in [-0.39, 0.29) is 5.70 Å². The fraction of sp³-hybridized carbons (Fsp3) is 0.0769. The molecule has 0 aliphatic heterocycles. The Morgan fingerprint density at radius 3 is 2.48 bits per heavy atom. The summed E-state index contributed by atoms with van der Waals surface area (Å²) in [7, 11) is 3.05. The number of ether oxygens (including phenoxy) is 2. The van der Waals surface area contributed by atoms with Crippen LogP contribution in [0.15, 0.2) is 84.7 Å². The molecule has 33 heavy (non-hydrogen) atoms. The smallest absolute Gasteiger partial charge is 0.272 e. The lowest BCUT2D eigenvalue weighted by Crippen LogP contribution is -2.30. The minimum absolute atomic E-state index is 0.0574. The van der Waals surface area contributed by atoms with E-state index in [4.69, 9.17) is 9.47 Å². The highest BCUT2D eigenvalue weighted by Crippen LogP contribution is 2.32. The number of para-hydroxylation sites is 1. The predicted octanol–water partition coefficient (Wildman–Crippen LogP) is 4.59. The van der Waals surface area contributed by atoms with Crippen LogP contribution in [0.25, 0.3) is 17.0 Å². The Morgan fingerprint density at radius 1 is 0.909 bits per heavy atom. The molecule has 0 bridgehead atoms. The fourth-order valence-electron chi connectivity index (χ4n) is 3.45. The van der Waals surface area contributed by atoms with Gasteiger partial charge in [0.25, 0.3) is 11.8 Å². The number of fused-ring (bicyclic) bond motifs is 1. The Labute approximate surface area is 191 Å². The SMILES string of the molecule is COc1cccc(/C=C(/NC(=O)c2ccccc2)C(=O)Nc2ccc3cc[nH]c3c2)c1OC. The minimum atomic E-state index is -0.477. The van der Waals surface area contributed by atoms with Crippen molar-refractivity contribution in [3.63, 3.8) is 0 Å². The second-order valence-electron chi connectivity index (χ2n) is 7.19. The Kier molecular flexibility index (Phi) is 6.40. The van der Waals surface area contributed by atoms with Crippen molar-refractivity contribution in [2.75, 3.05) is 19.5 Å². The van der Waals surface area contributed by atoms with E-state index in [0.717, 1.165) is 10.9 Å². The van der Waals surface area contributed by atoms with Crippen molar-refractivity contribution in [1.29, 1.82) is 0 Å². The molecule has 0 radical (unpaired) electrons. The molecule has 1 heterocycles. The van der Waals surface area contributed by atoms with Gasteiger partial charge in [-0.3, -0.25) is 9.59 Å². The average Bonchev–Trinajstić information content (AvgIpc) is 3.31. The second-order valence-corrected chi connectivity index (χ2v) is 7.19. The van der Waals surface area contributed by atoms with Gasteiger partial charge in [-0.1, -0.05) is 36.4 Å². The van der Waals surface area contributed by atoms with Gasteiger partial charge in [-0.2, -0.15) is 0 Å². The maximum atomic E-state index is 13.2. The number of carbonyl (C=O) groups excluding carboxylic acids is 2. The van der Waals surface area contributed by atoms with Crippen molar-refractivity contribution >= 4 is 34.5 Å². The number of benzene rings is 3. The van der Waals surface area contributed by atoms with Crippen molar-refractivity contribution in [3.05, 3.63) is 95.8 Å².